The second kappa shape index (κ2) is 8.23. The highest BCUT2D eigenvalue weighted by Crippen LogP contribution is 2.13. The van der Waals surface area contributed by atoms with Crippen molar-refractivity contribution in [2.45, 2.75) is 0 Å². The van der Waals surface area contributed by atoms with Gasteiger partial charge in [0.15, 0.2) is 0 Å². The van der Waals surface area contributed by atoms with Gasteiger partial charge in [-0.1, -0.05) is 24.8 Å². The summed E-state index contributed by atoms with van der Waals surface area (Å²) < 4.78 is 5.40. The lowest BCUT2D eigenvalue weighted by atomic mass is 10.2. The number of hydrogen-bond donors (Lipinski definition) is 1. The Bertz CT molecular complexity index is 770. The van der Waals surface area contributed by atoms with Crippen molar-refractivity contribution in [3.63, 3.8) is 0 Å². The predicted octanol–water partition coefficient (Wildman–Crippen LogP) is 2.92. The average molecular weight is 325 g/mol. The molecule has 24 heavy (non-hydrogen) atoms. The Balaban J connectivity index is 1.96. The van der Waals surface area contributed by atoms with E-state index < -0.39 is 10.8 Å². The number of nitrogens with zero attached hydrogens (tertiary/aromatic N) is 2. The number of rotatable bonds is 7. The van der Waals surface area contributed by atoms with Gasteiger partial charge in [-0.2, -0.15) is 5.10 Å². The van der Waals surface area contributed by atoms with E-state index in [1.165, 1.54) is 30.5 Å². The molecule has 0 unspecified atom stereocenters. The van der Waals surface area contributed by atoms with Gasteiger partial charge in [0.2, 0.25) is 0 Å². The summed E-state index contributed by atoms with van der Waals surface area (Å²) in [6.07, 6.45) is 3.12. The topological polar surface area (TPSA) is 93.8 Å². The number of amides is 1. The van der Waals surface area contributed by atoms with E-state index in [4.69, 9.17) is 4.74 Å². The first-order valence-electron chi connectivity index (χ1n) is 7.02. The fourth-order valence-corrected chi connectivity index (χ4v) is 1.80. The normalized spacial score (nSPS) is 10.3. The number of carbonyl (C=O) groups is 1. The lowest BCUT2D eigenvalue weighted by Crippen LogP contribution is -2.17. The van der Waals surface area contributed by atoms with Crippen LogP contribution in [0.25, 0.3) is 0 Å². The molecule has 0 saturated heterocycles. The number of benzene rings is 2. The summed E-state index contributed by atoms with van der Waals surface area (Å²) in [6, 6.07) is 12.4. The summed E-state index contributed by atoms with van der Waals surface area (Å²) in [4.78, 5) is 21.9. The van der Waals surface area contributed by atoms with E-state index in [2.05, 4.69) is 17.1 Å². The number of non-ortho nitro benzene ring substituents is 1. The van der Waals surface area contributed by atoms with Crippen LogP contribution in [0.1, 0.15) is 15.9 Å². The fraction of sp³-hybridized carbons (Fsp3) is 0.0588. The van der Waals surface area contributed by atoms with Gasteiger partial charge >= 0.3 is 0 Å². The molecule has 0 fully saturated rings. The summed E-state index contributed by atoms with van der Waals surface area (Å²) in [5, 5.41) is 14.4. The Labute approximate surface area is 138 Å². The standard InChI is InChI=1S/C17H15N3O4/c1-2-10-24-16-5-3-4-13(11-16)12-18-19-17(21)14-6-8-15(9-7-14)20(22)23/h2-9,11-12H,1,10H2,(H,19,21)/b18-12+. The van der Waals surface area contributed by atoms with Crippen molar-refractivity contribution in [3.8, 4) is 5.75 Å². The van der Waals surface area contributed by atoms with Crippen LogP contribution in [0, 0.1) is 10.1 Å². The smallest absolute Gasteiger partial charge is 0.271 e. The summed E-state index contributed by atoms with van der Waals surface area (Å²) in [5.74, 6) is 0.209. The minimum absolute atomic E-state index is 0.0774. The van der Waals surface area contributed by atoms with E-state index in [0.29, 0.717) is 12.4 Å². The Hall–Kier alpha value is -3.48. The van der Waals surface area contributed by atoms with E-state index in [1.54, 1.807) is 24.3 Å². The molecule has 0 atom stereocenters. The van der Waals surface area contributed by atoms with Crippen molar-refractivity contribution in [2.24, 2.45) is 5.10 Å². The molecule has 0 saturated carbocycles. The van der Waals surface area contributed by atoms with E-state index in [9.17, 15) is 14.9 Å². The molecule has 0 heterocycles. The Morgan fingerprint density at radius 2 is 2.04 bits per heavy atom. The monoisotopic (exact) mass is 325 g/mol. The maximum absolute atomic E-state index is 11.9. The number of nitro groups is 1. The molecule has 2 aromatic carbocycles. The zero-order valence-electron chi connectivity index (χ0n) is 12.7. The number of nitrogens with one attached hydrogen (secondary N) is 1. The number of nitro benzene ring substituents is 1. The molecule has 0 spiro atoms. The molecule has 0 aliphatic carbocycles. The Morgan fingerprint density at radius 3 is 2.71 bits per heavy atom. The largest absolute Gasteiger partial charge is 0.490 e. The molecule has 2 rings (SSSR count). The third-order valence-electron chi connectivity index (χ3n) is 2.95. The summed E-state index contributed by atoms with van der Waals surface area (Å²) in [7, 11) is 0. The van der Waals surface area contributed by atoms with Crippen molar-refractivity contribution in [3.05, 3.63) is 82.4 Å². The highest BCUT2D eigenvalue weighted by atomic mass is 16.6. The molecule has 0 aromatic heterocycles. The second-order valence-corrected chi connectivity index (χ2v) is 4.68. The van der Waals surface area contributed by atoms with Gasteiger partial charge in [0, 0.05) is 17.7 Å². The number of ether oxygens (including phenoxy) is 1. The van der Waals surface area contributed by atoms with Crippen LogP contribution in [0.2, 0.25) is 0 Å². The van der Waals surface area contributed by atoms with Crippen LogP contribution in [-0.4, -0.2) is 23.7 Å². The van der Waals surface area contributed by atoms with Gasteiger partial charge in [0.1, 0.15) is 12.4 Å². The lowest BCUT2D eigenvalue weighted by molar-refractivity contribution is -0.384. The molecule has 122 valence electrons. The van der Waals surface area contributed by atoms with Crippen molar-refractivity contribution in [2.75, 3.05) is 6.61 Å². The molecule has 1 N–H and O–H groups in total. The van der Waals surface area contributed by atoms with Gasteiger partial charge in [0.25, 0.3) is 11.6 Å². The Morgan fingerprint density at radius 1 is 1.29 bits per heavy atom. The van der Waals surface area contributed by atoms with E-state index in [-0.39, 0.29) is 11.3 Å². The fourth-order valence-electron chi connectivity index (χ4n) is 1.80. The molecular formula is C17H15N3O4. The van der Waals surface area contributed by atoms with Crippen LogP contribution in [0.4, 0.5) is 5.69 Å². The third-order valence-corrected chi connectivity index (χ3v) is 2.95. The number of carbonyl (C=O) groups excluding carboxylic acids is 1. The van der Waals surface area contributed by atoms with Crippen LogP contribution in [0.3, 0.4) is 0 Å². The van der Waals surface area contributed by atoms with Crippen LogP contribution in [0.15, 0.2) is 66.3 Å². The van der Waals surface area contributed by atoms with Crippen LogP contribution < -0.4 is 10.2 Å². The average Bonchev–Trinajstić information content (AvgIpc) is 2.60. The molecule has 1 amide bonds. The zero-order chi connectivity index (χ0) is 17.4. The number of hydrogen-bond acceptors (Lipinski definition) is 5. The maximum Gasteiger partial charge on any atom is 0.271 e. The minimum Gasteiger partial charge on any atom is -0.490 e. The SMILES string of the molecule is C=CCOc1cccc(/C=N/NC(=O)c2ccc([N+](=O)[O-])cc2)c1. The highest BCUT2D eigenvalue weighted by molar-refractivity contribution is 5.95. The van der Waals surface area contributed by atoms with Gasteiger partial charge in [-0.25, -0.2) is 5.43 Å². The third kappa shape index (κ3) is 4.77. The highest BCUT2D eigenvalue weighted by Gasteiger charge is 2.08. The van der Waals surface area contributed by atoms with Crippen molar-refractivity contribution >= 4 is 17.8 Å². The molecule has 0 aliphatic rings. The molecule has 7 heteroatoms. The first-order valence-corrected chi connectivity index (χ1v) is 7.02. The first kappa shape index (κ1) is 16.9. The number of hydrazone groups is 1. The zero-order valence-corrected chi connectivity index (χ0v) is 12.7. The molecule has 0 aliphatic heterocycles. The Kier molecular flexibility index (Phi) is 5.79. The second-order valence-electron chi connectivity index (χ2n) is 4.68. The van der Waals surface area contributed by atoms with Gasteiger partial charge in [-0.15, -0.1) is 0 Å². The van der Waals surface area contributed by atoms with Gasteiger partial charge in [0.05, 0.1) is 11.1 Å². The first-order chi connectivity index (χ1) is 11.6. The lowest BCUT2D eigenvalue weighted by Gasteiger charge is -2.03. The molecule has 2 aromatic rings. The van der Waals surface area contributed by atoms with E-state index in [0.717, 1.165) is 5.56 Å². The van der Waals surface area contributed by atoms with Crippen molar-refractivity contribution in [1.82, 2.24) is 5.43 Å². The van der Waals surface area contributed by atoms with Crippen LogP contribution in [-0.2, 0) is 0 Å². The molecule has 7 nitrogen and oxygen atoms in total. The van der Waals surface area contributed by atoms with Gasteiger partial charge < -0.3 is 4.74 Å². The summed E-state index contributed by atoms with van der Waals surface area (Å²) in [5.41, 5.74) is 3.31. The van der Waals surface area contributed by atoms with Crippen LogP contribution in [0.5, 0.6) is 5.75 Å². The van der Waals surface area contributed by atoms with Gasteiger partial charge in [-0.3, -0.25) is 14.9 Å². The summed E-state index contributed by atoms with van der Waals surface area (Å²) >= 11 is 0. The van der Waals surface area contributed by atoms with Crippen molar-refractivity contribution in [1.29, 1.82) is 0 Å². The molecule has 0 bridgehead atoms. The minimum atomic E-state index is -0.527. The van der Waals surface area contributed by atoms with Gasteiger partial charge in [-0.05, 0) is 29.8 Å². The molecule has 0 radical (unpaired) electrons. The molecular weight excluding hydrogens is 310 g/mol. The van der Waals surface area contributed by atoms with E-state index >= 15 is 0 Å². The maximum atomic E-state index is 11.9. The van der Waals surface area contributed by atoms with E-state index in [1.807, 2.05) is 6.07 Å². The predicted molar refractivity (Wildman–Crippen MR) is 90.3 cm³/mol. The quantitative estimate of drug-likeness (QED) is 0.366. The summed E-state index contributed by atoms with van der Waals surface area (Å²) in [6.45, 7) is 3.98. The van der Waals surface area contributed by atoms with Crippen molar-refractivity contribution < 1.29 is 14.5 Å². The van der Waals surface area contributed by atoms with Crippen LogP contribution >= 0.6 is 0 Å².